The Labute approximate surface area is 151 Å². The van der Waals surface area contributed by atoms with Crippen molar-refractivity contribution < 1.29 is 46.9 Å². The molecule has 0 N–H and O–H groups in total. The zero-order chi connectivity index (χ0) is 19.9. The molecule has 1 saturated heterocycles. The van der Waals surface area contributed by atoms with Gasteiger partial charge in [0.25, 0.3) is 0 Å². The summed E-state index contributed by atoms with van der Waals surface area (Å²) in [6.07, 6.45) is -4.20. The second-order valence-electron chi connectivity index (χ2n) is 6.65. The number of ether oxygens (including phenoxy) is 5. The van der Waals surface area contributed by atoms with Gasteiger partial charge in [0.05, 0.1) is 27.3 Å². The number of esters is 3. The van der Waals surface area contributed by atoms with Gasteiger partial charge < -0.3 is 28.2 Å². The molecular weight excluding hydrogens is 353 g/mol. The lowest BCUT2D eigenvalue weighted by atomic mass is 10.0. The standard InChI is InChI=1S/C16H27FNO8/c1-10(19)24-13-8-23-16(22-7-6-18(4,5)9-17)15(26-12(3)21)14(13)25-11(2)20/h13-16H,6-9H2,1-5H3/q+1/t13-,14-,15+,16?/m0/s1. The molecule has 0 bridgehead atoms. The molecule has 0 radical (unpaired) electrons. The molecular formula is C16H27FNO8+. The number of hydrogen-bond donors (Lipinski definition) is 0. The highest BCUT2D eigenvalue weighted by atomic mass is 19.1. The van der Waals surface area contributed by atoms with Gasteiger partial charge in [-0.1, -0.05) is 0 Å². The number of rotatable bonds is 8. The highest BCUT2D eigenvalue weighted by Gasteiger charge is 2.47. The van der Waals surface area contributed by atoms with Gasteiger partial charge in [-0.2, -0.15) is 4.39 Å². The van der Waals surface area contributed by atoms with Gasteiger partial charge in [-0.05, 0) is 0 Å². The molecule has 0 saturated carbocycles. The molecule has 0 amide bonds. The van der Waals surface area contributed by atoms with Crippen LogP contribution >= 0.6 is 0 Å². The van der Waals surface area contributed by atoms with Crippen molar-refractivity contribution in [2.24, 2.45) is 0 Å². The Bertz CT molecular complexity index is 512. The Morgan fingerprint density at radius 1 is 1.00 bits per heavy atom. The van der Waals surface area contributed by atoms with Crippen molar-refractivity contribution in [2.45, 2.75) is 45.4 Å². The summed E-state index contributed by atoms with van der Waals surface area (Å²) in [7, 11) is 3.38. The van der Waals surface area contributed by atoms with Gasteiger partial charge in [0.2, 0.25) is 6.80 Å². The Morgan fingerprint density at radius 2 is 1.54 bits per heavy atom. The number of likely N-dealkylation sites (N-methyl/N-ethyl adjacent to an activating group) is 1. The fourth-order valence-corrected chi connectivity index (χ4v) is 2.33. The lowest BCUT2D eigenvalue weighted by molar-refractivity contribution is -0.903. The van der Waals surface area contributed by atoms with Gasteiger partial charge in [0, 0.05) is 20.8 Å². The quantitative estimate of drug-likeness (QED) is 0.254. The highest BCUT2D eigenvalue weighted by Crippen LogP contribution is 2.25. The molecule has 0 aromatic rings. The van der Waals surface area contributed by atoms with E-state index in [4.69, 9.17) is 23.7 Å². The molecule has 1 fully saturated rings. The van der Waals surface area contributed by atoms with Crippen molar-refractivity contribution in [2.75, 3.05) is 40.7 Å². The average molecular weight is 380 g/mol. The maximum atomic E-state index is 12.9. The maximum absolute atomic E-state index is 12.9. The monoisotopic (exact) mass is 380 g/mol. The van der Waals surface area contributed by atoms with E-state index in [1.807, 2.05) is 0 Å². The van der Waals surface area contributed by atoms with E-state index in [2.05, 4.69) is 0 Å². The van der Waals surface area contributed by atoms with Crippen LogP contribution in [0.4, 0.5) is 4.39 Å². The molecule has 150 valence electrons. The number of carbonyl (C=O) groups excluding carboxylic acids is 3. The van der Waals surface area contributed by atoms with Gasteiger partial charge in [-0.3, -0.25) is 14.4 Å². The van der Waals surface area contributed by atoms with Crippen molar-refractivity contribution in [3.8, 4) is 0 Å². The number of alkyl halides is 1. The summed E-state index contributed by atoms with van der Waals surface area (Å²) < 4.78 is 39.5. The zero-order valence-corrected chi connectivity index (χ0v) is 15.7. The summed E-state index contributed by atoms with van der Waals surface area (Å²) in [5, 5.41) is 0. The minimum absolute atomic E-state index is 0.0778. The van der Waals surface area contributed by atoms with Crippen LogP contribution in [-0.2, 0) is 38.1 Å². The van der Waals surface area contributed by atoms with Crippen LogP contribution in [0.3, 0.4) is 0 Å². The zero-order valence-electron chi connectivity index (χ0n) is 15.7. The molecule has 0 aromatic carbocycles. The third-order valence-electron chi connectivity index (χ3n) is 3.61. The topological polar surface area (TPSA) is 97.4 Å². The smallest absolute Gasteiger partial charge is 0.303 e. The lowest BCUT2D eigenvalue weighted by Gasteiger charge is -2.40. The summed E-state index contributed by atoms with van der Waals surface area (Å²) in [5.74, 6) is -1.88. The van der Waals surface area contributed by atoms with Crippen LogP contribution in [0.5, 0.6) is 0 Å². The molecule has 1 aliphatic rings. The summed E-state index contributed by atoms with van der Waals surface area (Å²) in [6.45, 7) is 3.33. The van der Waals surface area contributed by atoms with Crippen LogP contribution in [0.1, 0.15) is 20.8 Å². The van der Waals surface area contributed by atoms with E-state index in [-0.39, 0.29) is 17.7 Å². The predicted octanol–water partition coefficient (Wildman–Crippen LogP) is 0.158. The first kappa shape index (κ1) is 22.3. The Kier molecular flexibility index (Phi) is 8.38. The summed E-state index contributed by atoms with van der Waals surface area (Å²) >= 11 is 0. The molecule has 0 aliphatic carbocycles. The molecule has 26 heavy (non-hydrogen) atoms. The van der Waals surface area contributed by atoms with E-state index in [0.29, 0.717) is 6.54 Å². The summed E-state index contributed by atoms with van der Waals surface area (Å²) in [6, 6.07) is 0. The van der Waals surface area contributed by atoms with Gasteiger partial charge in [-0.15, -0.1) is 0 Å². The number of carbonyl (C=O) groups is 3. The van der Waals surface area contributed by atoms with Crippen LogP contribution in [-0.4, -0.2) is 87.6 Å². The Balaban J connectivity index is 2.90. The molecule has 0 spiro atoms. The van der Waals surface area contributed by atoms with Gasteiger partial charge in [0.1, 0.15) is 6.54 Å². The summed E-state index contributed by atoms with van der Waals surface area (Å²) in [4.78, 5) is 34.2. The molecule has 1 unspecified atom stereocenters. The fraction of sp³-hybridized carbons (Fsp3) is 0.812. The van der Waals surface area contributed by atoms with E-state index in [1.54, 1.807) is 14.1 Å². The van der Waals surface area contributed by atoms with Crippen molar-refractivity contribution in [1.82, 2.24) is 0 Å². The molecule has 9 nitrogen and oxygen atoms in total. The maximum Gasteiger partial charge on any atom is 0.303 e. The average Bonchev–Trinajstić information content (AvgIpc) is 2.51. The second-order valence-corrected chi connectivity index (χ2v) is 6.65. The largest absolute Gasteiger partial charge is 0.456 e. The first-order valence-corrected chi connectivity index (χ1v) is 8.18. The number of hydrogen-bond acceptors (Lipinski definition) is 8. The third-order valence-corrected chi connectivity index (χ3v) is 3.61. The Morgan fingerprint density at radius 3 is 2.04 bits per heavy atom. The number of halogens is 1. The first-order chi connectivity index (χ1) is 12.1. The van der Waals surface area contributed by atoms with Crippen molar-refractivity contribution in [1.29, 1.82) is 0 Å². The van der Waals surface area contributed by atoms with E-state index in [0.717, 1.165) is 0 Å². The van der Waals surface area contributed by atoms with Crippen molar-refractivity contribution >= 4 is 17.9 Å². The number of nitrogens with zero attached hydrogens (tertiary/aromatic N) is 1. The molecule has 4 atom stereocenters. The number of quaternary nitrogens is 1. The van der Waals surface area contributed by atoms with Crippen LogP contribution in [0.25, 0.3) is 0 Å². The van der Waals surface area contributed by atoms with Crippen LogP contribution < -0.4 is 0 Å². The van der Waals surface area contributed by atoms with Crippen molar-refractivity contribution in [3.63, 3.8) is 0 Å². The van der Waals surface area contributed by atoms with Crippen molar-refractivity contribution in [3.05, 3.63) is 0 Å². The third kappa shape index (κ3) is 7.22. The second kappa shape index (κ2) is 9.79. The van der Waals surface area contributed by atoms with Crippen LogP contribution in [0.15, 0.2) is 0 Å². The molecule has 1 rings (SSSR count). The van der Waals surface area contributed by atoms with Crippen LogP contribution in [0, 0.1) is 0 Å². The Hall–Kier alpha value is -1.78. The minimum atomic E-state index is -1.13. The molecule has 0 aromatic heterocycles. The normalized spacial score (nSPS) is 26.1. The van der Waals surface area contributed by atoms with Gasteiger partial charge in [0.15, 0.2) is 24.6 Å². The predicted molar refractivity (Wildman–Crippen MR) is 85.3 cm³/mol. The summed E-state index contributed by atoms with van der Waals surface area (Å²) in [5.41, 5.74) is 0. The first-order valence-electron chi connectivity index (χ1n) is 8.18. The van der Waals surface area contributed by atoms with Gasteiger partial charge in [-0.25, -0.2) is 0 Å². The SMILES string of the molecule is CC(=O)O[C@H]1[C@@H](OC(C)=O)COC(OCC[N+](C)(C)CF)[C@@H]1OC(C)=O. The fourth-order valence-electron chi connectivity index (χ4n) is 2.33. The lowest BCUT2D eigenvalue weighted by Crippen LogP contribution is -2.58. The minimum Gasteiger partial charge on any atom is -0.456 e. The van der Waals surface area contributed by atoms with Gasteiger partial charge >= 0.3 is 17.9 Å². The van der Waals surface area contributed by atoms with Crippen LogP contribution in [0.2, 0.25) is 0 Å². The molecule has 1 aliphatic heterocycles. The van der Waals surface area contributed by atoms with E-state index in [1.165, 1.54) is 20.8 Å². The van der Waals surface area contributed by atoms with E-state index >= 15 is 0 Å². The highest BCUT2D eigenvalue weighted by molar-refractivity contribution is 5.68. The molecule has 10 heteroatoms. The van der Waals surface area contributed by atoms with E-state index < -0.39 is 49.3 Å². The molecule has 1 heterocycles. The van der Waals surface area contributed by atoms with E-state index in [9.17, 15) is 18.8 Å².